The van der Waals surface area contributed by atoms with Crippen LogP contribution in [0.2, 0.25) is 0 Å². The lowest BCUT2D eigenvalue weighted by molar-refractivity contribution is -0.117. The van der Waals surface area contributed by atoms with Gasteiger partial charge in [0.05, 0.1) is 0 Å². The van der Waals surface area contributed by atoms with Gasteiger partial charge in [-0.25, -0.2) is 0 Å². The lowest BCUT2D eigenvalue weighted by Crippen LogP contribution is -2.20. The normalized spacial score (nSPS) is 16.1. The number of carbonyl (C=O) groups excluding carboxylic acids is 1. The highest BCUT2D eigenvalue weighted by atomic mass is 16.1. The van der Waals surface area contributed by atoms with E-state index < -0.39 is 0 Å². The first-order chi connectivity index (χ1) is 9.29. The number of ketones is 1. The minimum Gasteiger partial charge on any atom is -0.303 e. The van der Waals surface area contributed by atoms with Crippen LogP contribution in [0.5, 0.6) is 0 Å². The van der Waals surface area contributed by atoms with Crippen LogP contribution in [0.4, 0.5) is 0 Å². The summed E-state index contributed by atoms with van der Waals surface area (Å²) >= 11 is 0. The van der Waals surface area contributed by atoms with E-state index in [0.717, 1.165) is 12.8 Å². The SMILES string of the molecule is CC(=O)CCCCCCCCCCCN1CCCC1. The Bertz CT molecular complexity index is 221. The maximum Gasteiger partial charge on any atom is 0.129 e. The molecule has 0 aliphatic carbocycles. The van der Waals surface area contributed by atoms with E-state index >= 15 is 0 Å². The second kappa shape index (κ2) is 11.5. The molecule has 1 rings (SSSR count). The summed E-state index contributed by atoms with van der Waals surface area (Å²) in [5, 5.41) is 0. The predicted molar refractivity (Wildman–Crippen MR) is 82.5 cm³/mol. The van der Waals surface area contributed by atoms with E-state index in [1.165, 1.54) is 83.8 Å². The summed E-state index contributed by atoms with van der Waals surface area (Å²) in [6, 6.07) is 0. The third-order valence-electron chi connectivity index (χ3n) is 4.20. The van der Waals surface area contributed by atoms with Crippen LogP contribution in [0.15, 0.2) is 0 Å². The molecule has 1 fully saturated rings. The molecule has 1 aliphatic rings. The molecule has 2 nitrogen and oxygen atoms in total. The first-order valence-electron chi connectivity index (χ1n) is 8.51. The fraction of sp³-hybridized carbons (Fsp3) is 0.941. The van der Waals surface area contributed by atoms with E-state index in [0.29, 0.717) is 5.78 Å². The number of carbonyl (C=O) groups is 1. The molecule has 1 aliphatic heterocycles. The highest BCUT2D eigenvalue weighted by molar-refractivity contribution is 5.75. The Balaban J connectivity index is 1.70. The average molecular weight is 267 g/mol. The van der Waals surface area contributed by atoms with Gasteiger partial charge in [0, 0.05) is 6.42 Å². The van der Waals surface area contributed by atoms with E-state index in [-0.39, 0.29) is 0 Å². The maximum absolute atomic E-state index is 10.8. The number of rotatable bonds is 12. The summed E-state index contributed by atoms with van der Waals surface area (Å²) in [6.07, 6.45) is 15.7. The molecular formula is C17H33NO. The minimum atomic E-state index is 0.345. The fourth-order valence-corrected chi connectivity index (χ4v) is 2.95. The van der Waals surface area contributed by atoms with Gasteiger partial charge in [0.25, 0.3) is 0 Å². The van der Waals surface area contributed by atoms with Crippen LogP contribution in [0.1, 0.15) is 84.0 Å². The summed E-state index contributed by atoms with van der Waals surface area (Å²) < 4.78 is 0. The van der Waals surface area contributed by atoms with Crippen molar-refractivity contribution < 1.29 is 4.79 Å². The van der Waals surface area contributed by atoms with Crippen LogP contribution in [0.25, 0.3) is 0 Å². The molecule has 0 bridgehead atoms. The molecule has 0 saturated carbocycles. The van der Waals surface area contributed by atoms with Gasteiger partial charge in [-0.3, -0.25) is 0 Å². The Hall–Kier alpha value is -0.370. The number of Topliss-reactive ketones (excluding diaryl/α,β-unsaturated/α-hetero) is 1. The van der Waals surface area contributed by atoms with Crippen LogP contribution >= 0.6 is 0 Å². The standard InChI is InChI=1S/C17H33NO/c1-17(19)13-9-7-5-3-2-4-6-8-10-14-18-15-11-12-16-18/h2-16H2,1H3. The summed E-state index contributed by atoms with van der Waals surface area (Å²) in [7, 11) is 0. The first kappa shape index (κ1) is 16.7. The molecule has 0 spiro atoms. The van der Waals surface area contributed by atoms with Crippen LogP contribution in [-0.2, 0) is 4.79 Å². The lowest BCUT2D eigenvalue weighted by atomic mass is 10.1. The lowest BCUT2D eigenvalue weighted by Gasteiger charge is -2.13. The van der Waals surface area contributed by atoms with Crippen molar-refractivity contribution in [1.82, 2.24) is 4.90 Å². The van der Waals surface area contributed by atoms with Crippen molar-refractivity contribution in [3.05, 3.63) is 0 Å². The second-order valence-corrected chi connectivity index (χ2v) is 6.18. The van der Waals surface area contributed by atoms with Crippen LogP contribution in [0.3, 0.4) is 0 Å². The Morgan fingerprint density at radius 3 is 1.79 bits per heavy atom. The molecule has 0 aromatic carbocycles. The molecule has 1 saturated heterocycles. The molecule has 0 unspecified atom stereocenters. The van der Waals surface area contributed by atoms with E-state index in [1.807, 2.05) is 0 Å². The van der Waals surface area contributed by atoms with Gasteiger partial charge in [-0.1, -0.05) is 44.9 Å². The quantitative estimate of drug-likeness (QED) is 0.483. The highest BCUT2D eigenvalue weighted by Crippen LogP contribution is 2.12. The molecular weight excluding hydrogens is 234 g/mol. The zero-order valence-corrected chi connectivity index (χ0v) is 13.0. The summed E-state index contributed by atoms with van der Waals surface area (Å²) in [6.45, 7) is 5.73. The molecule has 0 N–H and O–H groups in total. The van der Waals surface area contributed by atoms with Crippen molar-refractivity contribution in [2.75, 3.05) is 19.6 Å². The third kappa shape index (κ3) is 10.1. The Morgan fingerprint density at radius 2 is 1.26 bits per heavy atom. The van der Waals surface area contributed by atoms with E-state index in [2.05, 4.69) is 4.90 Å². The van der Waals surface area contributed by atoms with Crippen molar-refractivity contribution in [3.8, 4) is 0 Å². The largest absolute Gasteiger partial charge is 0.303 e. The second-order valence-electron chi connectivity index (χ2n) is 6.18. The van der Waals surface area contributed by atoms with Gasteiger partial charge in [-0.05, 0) is 52.2 Å². The van der Waals surface area contributed by atoms with Gasteiger partial charge < -0.3 is 9.69 Å². The first-order valence-corrected chi connectivity index (χ1v) is 8.51. The zero-order valence-electron chi connectivity index (χ0n) is 13.0. The summed E-state index contributed by atoms with van der Waals surface area (Å²) in [5.74, 6) is 0.345. The Morgan fingerprint density at radius 1 is 0.789 bits per heavy atom. The summed E-state index contributed by atoms with van der Waals surface area (Å²) in [4.78, 5) is 13.4. The van der Waals surface area contributed by atoms with Gasteiger partial charge in [0.2, 0.25) is 0 Å². The van der Waals surface area contributed by atoms with Crippen LogP contribution in [-0.4, -0.2) is 30.3 Å². The monoisotopic (exact) mass is 267 g/mol. The van der Waals surface area contributed by atoms with Gasteiger partial charge >= 0.3 is 0 Å². The number of unbranched alkanes of at least 4 members (excludes halogenated alkanes) is 8. The van der Waals surface area contributed by atoms with E-state index in [4.69, 9.17) is 0 Å². The molecule has 2 heteroatoms. The number of hydrogen-bond acceptors (Lipinski definition) is 2. The third-order valence-corrected chi connectivity index (χ3v) is 4.20. The van der Waals surface area contributed by atoms with Gasteiger partial charge in [0.15, 0.2) is 0 Å². The highest BCUT2D eigenvalue weighted by Gasteiger charge is 2.09. The Kier molecular flexibility index (Phi) is 10.1. The molecule has 19 heavy (non-hydrogen) atoms. The maximum atomic E-state index is 10.8. The number of likely N-dealkylation sites (tertiary alicyclic amines) is 1. The molecule has 0 amide bonds. The topological polar surface area (TPSA) is 20.3 Å². The van der Waals surface area contributed by atoms with Crippen molar-refractivity contribution in [2.24, 2.45) is 0 Å². The molecule has 0 aromatic rings. The Labute approximate surface area is 119 Å². The number of hydrogen-bond donors (Lipinski definition) is 0. The zero-order chi connectivity index (χ0) is 13.8. The molecule has 1 heterocycles. The van der Waals surface area contributed by atoms with Crippen molar-refractivity contribution in [3.63, 3.8) is 0 Å². The van der Waals surface area contributed by atoms with Gasteiger partial charge in [-0.15, -0.1) is 0 Å². The predicted octanol–water partition coefficient (Wildman–Crippen LogP) is 4.57. The smallest absolute Gasteiger partial charge is 0.129 e. The average Bonchev–Trinajstić information content (AvgIpc) is 2.88. The molecule has 0 aromatic heterocycles. The summed E-state index contributed by atoms with van der Waals surface area (Å²) in [5.41, 5.74) is 0. The van der Waals surface area contributed by atoms with Gasteiger partial charge in [-0.2, -0.15) is 0 Å². The molecule has 0 atom stereocenters. The fourth-order valence-electron chi connectivity index (χ4n) is 2.95. The van der Waals surface area contributed by atoms with Crippen LogP contribution < -0.4 is 0 Å². The molecule has 0 radical (unpaired) electrons. The van der Waals surface area contributed by atoms with E-state index in [1.54, 1.807) is 6.92 Å². The van der Waals surface area contributed by atoms with Crippen LogP contribution in [0, 0.1) is 0 Å². The molecule has 112 valence electrons. The van der Waals surface area contributed by atoms with Crippen molar-refractivity contribution in [2.45, 2.75) is 84.0 Å². The van der Waals surface area contributed by atoms with Crippen molar-refractivity contribution in [1.29, 1.82) is 0 Å². The van der Waals surface area contributed by atoms with Crippen molar-refractivity contribution >= 4 is 5.78 Å². The minimum absolute atomic E-state index is 0.345. The number of nitrogens with zero attached hydrogens (tertiary/aromatic N) is 1. The van der Waals surface area contributed by atoms with E-state index in [9.17, 15) is 4.79 Å². The van der Waals surface area contributed by atoms with Gasteiger partial charge in [0.1, 0.15) is 5.78 Å².